The average molecular weight is 333 g/mol. The number of benzene rings is 2. The van der Waals surface area contributed by atoms with Crippen molar-refractivity contribution in [1.82, 2.24) is 0 Å². The van der Waals surface area contributed by atoms with Crippen molar-refractivity contribution in [3.63, 3.8) is 0 Å². The Hall–Kier alpha value is -3.29. The number of halogens is 2. The van der Waals surface area contributed by atoms with Crippen molar-refractivity contribution in [3.8, 4) is 0 Å². The first kappa shape index (κ1) is 17.1. The number of rotatable bonds is 3. The molecule has 2 aromatic rings. The summed E-state index contributed by atoms with van der Waals surface area (Å²) in [6, 6.07) is 9.09. The molecule has 0 spiro atoms. The fourth-order valence-electron chi connectivity index (χ4n) is 1.85. The maximum absolute atomic E-state index is 13.4. The third kappa shape index (κ3) is 4.35. The Morgan fingerprint density at radius 3 is 1.88 bits per heavy atom. The first-order chi connectivity index (χ1) is 11.4. The highest BCUT2D eigenvalue weighted by atomic mass is 19.1. The van der Waals surface area contributed by atoms with Gasteiger partial charge in [-0.1, -0.05) is 12.1 Å². The highest BCUT2D eigenvalue weighted by Gasteiger charge is 2.18. The van der Waals surface area contributed by atoms with Gasteiger partial charge in [-0.2, -0.15) is 0 Å². The number of para-hydroxylation sites is 1. The predicted molar refractivity (Wildman–Crippen MR) is 84.4 cm³/mol. The summed E-state index contributed by atoms with van der Waals surface area (Å²) in [5, 5.41) is 6.65. The molecule has 0 radical (unpaired) electrons. The second-order valence-electron chi connectivity index (χ2n) is 4.77. The first-order valence-corrected chi connectivity index (χ1v) is 6.81. The molecule has 3 N–H and O–H groups in total. The molecule has 2 aromatic carbocycles. The largest absolute Gasteiger partial charge is 0.326 e. The Bertz CT molecular complexity index is 789. The van der Waals surface area contributed by atoms with Crippen molar-refractivity contribution in [1.29, 1.82) is 0 Å². The van der Waals surface area contributed by atoms with Gasteiger partial charge in [0.2, 0.25) is 5.91 Å². The number of nitrogens with one attached hydrogen (secondary N) is 3. The molecule has 2 rings (SSSR count). The van der Waals surface area contributed by atoms with Gasteiger partial charge in [0, 0.05) is 18.3 Å². The van der Waals surface area contributed by atoms with Crippen LogP contribution >= 0.6 is 0 Å². The molecule has 0 saturated carbocycles. The van der Waals surface area contributed by atoms with E-state index >= 15 is 0 Å². The van der Waals surface area contributed by atoms with E-state index in [0.29, 0.717) is 5.69 Å². The fourth-order valence-corrected chi connectivity index (χ4v) is 1.85. The lowest BCUT2D eigenvalue weighted by Crippen LogP contribution is -2.29. The third-order valence-corrected chi connectivity index (χ3v) is 2.85. The van der Waals surface area contributed by atoms with Gasteiger partial charge < -0.3 is 16.0 Å². The van der Waals surface area contributed by atoms with Crippen LogP contribution < -0.4 is 16.0 Å². The van der Waals surface area contributed by atoms with Gasteiger partial charge in [-0.3, -0.25) is 14.4 Å². The lowest BCUT2D eigenvalue weighted by atomic mass is 10.2. The maximum Gasteiger partial charge on any atom is 0.314 e. The van der Waals surface area contributed by atoms with E-state index in [2.05, 4.69) is 10.6 Å². The molecule has 0 aliphatic carbocycles. The van der Waals surface area contributed by atoms with Crippen LogP contribution in [-0.2, 0) is 14.4 Å². The van der Waals surface area contributed by atoms with E-state index in [-0.39, 0.29) is 11.6 Å². The summed E-state index contributed by atoms with van der Waals surface area (Å²) in [5.41, 5.74) is -0.0547. The second kappa shape index (κ2) is 7.32. The van der Waals surface area contributed by atoms with Gasteiger partial charge in [-0.05, 0) is 30.3 Å². The minimum Gasteiger partial charge on any atom is -0.326 e. The zero-order valence-corrected chi connectivity index (χ0v) is 12.5. The van der Waals surface area contributed by atoms with E-state index in [1.54, 1.807) is 12.1 Å². The number of carbonyl (C=O) groups excluding carboxylic acids is 3. The molecule has 3 amide bonds. The monoisotopic (exact) mass is 333 g/mol. The minimum atomic E-state index is -1.23. The molecule has 0 fully saturated rings. The summed E-state index contributed by atoms with van der Waals surface area (Å²) in [4.78, 5) is 34.6. The van der Waals surface area contributed by atoms with Gasteiger partial charge in [-0.15, -0.1) is 0 Å². The van der Waals surface area contributed by atoms with Crippen LogP contribution in [0.5, 0.6) is 0 Å². The minimum absolute atomic E-state index is 0.232. The molecule has 0 aliphatic heterocycles. The van der Waals surface area contributed by atoms with E-state index in [1.165, 1.54) is 19.1 Å². The van der Waals surface area contributed by atoms with E-state index < -0.39 is 29.1 Å². The molecule has 6 nitrogen and oxygen atoms in total. The van der Waals surface area contributed by atoms with Crippen molar-refractivity contribution >= 4 is 34.8 Å². The SMILES string of the molecule is CC(=O)Nc1cccc(NC(=O)C(=O)Nc2c(F)cccc2F)c1. The Morgan fingerprint density at radius 1 is 0.792 bits per heavy atom. The molecular formula is C16H13F2N3O3. The molecule has 24 heavy (non-hydrogen) atoms. The van der Waals surface area contributed by atoms with Crippen molar-refractivity contribution in [2.75, 3.05) is 16.0 Å². The quantitative estimate of drug-likeness (QED) is 0.754. The zero-order chi connectivity index (χ0) is 17.7. The Kier molecular flexibility index (Phi) is 5.20. The van der Waals surface area contributed by atoms with Gasteiger partial charge >= 0.3 is 11.8 Å². The zero-order valence-electron chi connectivity index (χ0n) is 12.5. The Morgan fingerprint density at radius 2 is 1.29 bits per heavy atom. The highest BCUT2D eigenvalue weighted by molar-refractivity contribution is 6.43. The normalized spacial score (nSPS) is 9.96. The maximum atomic E-state index is 13.4. The van der Waals surface area contributed by atoms with Crippen LogP contribution in [0.2, 0.25) is 0 Å². The standard InChI is InChI=1S/C16H13F2N3O3/c1-9(22)19-10-4-2-5-11(8-10)20-15(23)16(24)21-14-12(17)6-3-7-13(14)18/h2-8H,1H3,(H,19,22)(H,20,23)(H,21,24). The molecule has 0 saturated heterocycles. The Balaban J connectivity index is 2.07. The number of hydrogen-bond acceptors (Lipinski definition) is 3. The highest BCUT2D eigenvalue weighted by Crippen LogP contribution is 2.18. The molecule has 8 heteroatoms. The van der Waals surface area contributed by atoms with Crippen molar-refractivity contribution in [2.24, 2.45) is 0 Å². The van der Waals surface area contributed by atoms with Crippen LogP contribution in [0.1, 0.15) is 6.92 Å². The Labute approximate surface area is 135 Å². The van der Waals surface area contributed by atoms with Crippen LogP contribution in [0.4, 0.5) is 25.8 Å². The predicted octanol–water partition coefficient (Wildman–Crippen LogP) is 2.50. The van der Waals surface area contributed by atoms with E-state index in [0.717, 1.165) is 18.2 Å². The summed E-state index contributed by atoms with van der Waals surface area (Å²) in [6.45, 7) is 1.32. The molecule has 0 heterocycles. The van der Waals surface area contributed by atoms with Crippen molar-refractivity contribution in [2.45, 2.75) is 6.92 Å². The smallest absolute Gasteiger partial charge is 0.314 e. The van der Waals surface area contributed by atoms with E-state index in [4.69, 9.17) is 0 Å². The van der Waals surface area contributed by atoms with Gasteiger partial charge in [0.05, 0.1) is 0 Å². The second-order valence-corrected chi connectivity index (χ2v) is 4.77. The summed E-state index contributed by atoms with van der Waals surface area (Å²) < 4.78 is 26.9. The van der Waals surface area contributed by atoms with Crippen LogP contribution in [0.15, 0.2) is 42.5 Å². The molecule has 0 bridgehead atoms. The fraction of sp³-hybridized carbons (Fsp3) is 0.0625. The van der Waals surface area contributed by atoms with Gasteiger partial charge in [-0.25, -0.2) is 8.78 Å². The topological polar surface area (TPSA) is 87.3 Å². The van der Waals surface area contributed by atoms with Crippen LogP contribution in [-0.4, -0.2) is 17.7 Å². The number of anilines is 3. The third-order valence-electron chi connectivity index (χ3n) is 2.85. The molecule has 0 atom stereocenters. The molecular weight excluding hydrogens is 320 g/mol. The van der Waals surface area contributed by atoms with E-state index in [1.807, 2.05) is 5.32 Å². The van der Waals surface area contributed by atoms with Crippen LogP contribution in [0.25, 0.3) is 0 Å². The lowest BCUT2D eigenvalue weighted by molar-refractivity contribution is -0.133. The van der Waals surface area contributed by atoms with Gasteiger partial charge in [0.1, 0.15) is 17.3 Å². The number of carbonyl (C=O) groups is 3. The van der Waals surface area contributed by atoms with Crippen LogP contribution in [0.3, 0.4) is 0 Å². The molecule has 0 aromatic heterocycles. The average Bonchev–Trinajstić information content (AvgIpc) is 2.50. The molecule has 124 valence electrons. The van der Waals surface area contributed by atoms with Gasteiger partial charge in [0.15, 0.2) is 0 Å². The molecule has 0 unspecified atom stereocenters. The summed E-state index contributed by atoms with van der Waals surface area (Å²) in [7, 11) is 0. The van der Waals surface area contributed by atoms with Crippen molar-refractivity contribution in [3.05, 3.63) is 54.1 Å². The lowest BCUT2D eigenvalue weighted by Gasteiger charge is -2.09. The summed E-state index contributed by atoms with van der Waals surface area (Å²) in [6.07, 6.45) is 0. The number of amides is 3. The van der Waals surface area contributed by atoms with Crippen molar-refractivity contribution < 1.29 is 23.2 Å². The first-order valence-electron chi connectivity index (χ1n) is 6.81. The summed E-state index contributed by atoms with van der Waals surface area (Å²) in [5.74, 6) is -4.64. The van der Waals surface area contributed by atoms with Crippen LogP contribution in [0, 0.1) is 11.6 Å². The molecule has 0 aliphatic rings. The summed E-state index contributed by atoms with van der Waals surface area (Å²) >= 11 is 0. The number of hydrogen-bond donors (Lipinski definition) is 3. The van der Waals surface area contributed by atoms with Gasteiger partial charge in [0.25, 0.3) is 0 Å². The van der Waals surface area contributed by atoms with E-state index in [9.17, 15) is 23.2 Å².